The molecule has 0 atom stereocenters. The zero-order chi connectivity index (χ0) is 26.9. The average Bonchev–Trinajstić information content (AvgIpc) is 2.61. The molecule has 3 rings (SSSR count). The molecule has 0 saturated carbocycles. The molecule has 6 heteroatoms. The van der Waals surface area contributed by atoms with Crippen molar-refractivity contribution >= 4 is 7.82 Å². The molecule has 194 valence electrons. The van der Waals surface area contributed by atoms with E-state index >= 15 is 0 Å². The van der Waals surface area contributed by atoms with Gasteiger partial charge in [-0.2, -0.15) is 0 Å². The van der Waals surface area contributed by atoms with Crippen molar-refractivity contribution in [3.8, 4) is 11.5 Å². The zero-order valence-corrected chi connectivity index (χ0v) is 25.9. The van der Waals surface area contributed by atoms with Crippen molar-refractivity contribution in [2.75, 3.05) is 0 Å². The molecule has 1 heterocycles. The summed E-state index contributed by atoms with van der Waals surface area (Å²) in [6.07, 6.45) is 0. The van der Waals surface area contributed by atoms with Crippen molar-refractivity contribution in [1.29, 1.82) is 0 Å². The van der Waals surface area contributed by atoms with Crippen molar-refractivity contribution in [2.45, 2.75) is 118 Å². The first-order chi connectivity index (χ1) is 15.5. The molecule has 2 aromatic rings. The molecule has 0 saturated heterocycles. The number of phosphoric acid groups is 1. The van der Waals surface area contributed by atoms with E-state index in [1.807, 2.05) is 12.1 Å². The van der Waals surface area contributed by atoms with Gasteiger partial charge in [-0.05, 0) is 56.0 Å². The summed E-state index contributed by atoms with van der Waals surface area (Å²) in [5.74, 6) is 0.714. The Kier molecular flexibility index (Phi) is 8.22. The van der Waals surface area contributed by atoms with E-state index < -0.39 is 7.82 Å². The second kappa shape index (κ2) is 9.54. The minimum absolute atomic E-state index is 0. The summed E-state index contributed by atoms with van der Waals surface area (Å²) in [6.45, 7) is 27.9. The van der Waals surface area contributed by atoms with Crippen LogP contribution in [0.1, 0.15) is 129 Å². The van der Waals surface area contributed by atoms with Crippen LogP contribution in [0.25, 0.3) is 0 Å². The van der Waals surface area contributed by atoms with Crippen LogP contribution in [0.4, 0.5) is 0 Å². The van der Waals surface area contributed by atoms with Gasteiger partial charge in [0.2, 0.25) is 0 Å². The van der Waals surface area contributed by atoms with Crippen LogP contribution in [-0.2, 0) is 26.2 Å². The fourth-order valence-electron chi connectivity index (χ4n) is 4.96. The Morgan fingerprint density at radius 3 is 1.14 bits per heavy atom. The first kappa shape index (κ1) is 31.0. The standard InChI is InChI=1S/C30H45O4P.Li/c1-18-19-14-25(23(29(8,9)10)16-21(19)27(2,3)4)33-35(31,32)34-26-15-20(18)22(28(5,6)7)17-24(26)30(11,12)13;/h14-18H,1-13H3,(H,31,32);/q;+1/p-1. The molecule has 4 bridgehead atoms. The number of phosphoric ester groups is 1. The third-order valence-electron chi connectivity index (χ3n) is 6.89. The quantitative estimate of drug-likeness (QED) is 0.361. The van der Waals surface area contributed by atoms with Crippen LogP contribution in [0, 0.1) is 0 Å². The summed E-state index contributed by atoms with van der Waals surface area (Å²) in [4.78, 5) is 13.3. The summed E-state index contributed by atoms with van der Waals surface area (Å²) >= 11 is 0. The van der Waals surface area contributed by atoms with Gasteiger partial charge < -0.3 is 13.9 Å². The Morgan fingerprint density at radius 2 is 0.889 bits per heavy atom. The summed E-state index contributed by atoms with van der Waals surface area (Å²) in [5.41, 5.74) is 5.37. The van der Waals surface area contributed by atoms with E-state index in [1.54, 1.807) is 0 Å². The maximum atomic E-state index is 13.3. The van der Waals surface area contributed by atoms with Crippen LogP contribution in [-0.4, -0.2) is 0 Å². The van der Waals surface area contributed by atoms with Gasteiger partial charge in [-0.25, -0.2) is 4.57 Å². The molecule has 0 N–H and O–H groups in total. The maximum Gasteiger partial charge on any atom is 1.00 e. The monoisotopic (exact) mass is 506 g/mol. The smallest absolute Gasteiger partial charge is 0.736 e. The van der Waals surface area contributed by atoms with Gasteiger partial charge in [0, 0.05) is 17.0 Å². The van der Waals surface area contributed by atoms with Crippen molar-refractivity contribution in [1.82, 2.24) is 0 Å². The van der Waals surface area contributed by atoms with Gasteiger partial charge in [-0.1, -0.05) is 102 Å². The molecule has 1 aliphatic rings. The van der Waals surface area contributed by atoms with Crippen LogP contribution < -0.4 is 32.8 Å². The molecule has 0 amide bonds. The van der Waals surface area contributed by atoms with Gasteiger partial charge in [-0.3, -0.25) is 0 Å². The summed E-state index contributed by atoms with van der Waals surface area (Å²) in [7, 11) is -4.70. The SMILES string of the molecule is CC1c2cc(c(C(C)(C)C)cc2C(C)(C)C)OP(=O)([O-])Oc2cc1c(C(C)(C)C)cc2C(C)(C)C.[Li+]. The molecule has 0 fully saturated rings. The minimum Gasteiger partial charge on any atom is -0.736 e. The zero-order valence-electron chi connectivity index (χ0n) is 25.0. The van der Waals surface area contributed by atoms with Gasteiger partial charge in [0.1, 0.15) is 11.5 Å². The summed E-state index contributed by atoms with van der Waals surface area (Å²) in [6, 6.07) is 8.16. The van der Waals surface area contributed by atoms with E-state index in [0.717, 1.165) is 22.3 Å². The Morgan fingerprint density at radius 1 is 0.611 bits per heavy atom. The van der Waals surface area contributed by atoms with E-state index in [4.69, 9.17) is 9.05 Å². The van der Waals surface area contributed by atoms with Gasteiger partial charge in [0.15, 0.2) is 0 Å². The van der Waals surface area contributed by atoms with E-state index in [0.29, 0.717) is 11.5 Å². The Bertz CT molecular complexity index is 1100. The first-order valence-corrected chi connectivity index (χ1v) is 14.1. The normalized spacial score (nSPS) is 20.7. The van der Waals surface area contributed by atoms with Crippen LogP contribution >= 0.6 is 7.82 Å². The van der Waals surface area contributed by atoms with Crippen LogP contribution in [0.2, 0.25) is 0 Å². The molecular formula is C30H44LiO4P. The van der Waals surface area contributed by atoms with E-state index in [9.17, 15) is 9.46 Å². The fraction of sp³-hybridized carbons (Fsp3) is 0.600. The Hall–Kier alpha value is -1.17. The van der Waals surface area contributed by atoms with E-state index in [1.165, 1.54) is 11.1 Å². The largest absolute Gasteiger partial charge is 1.00 e. The van der Waals surface area contributed by atoms with Crippen molar-refractivity contribution in [2.24, 2.45) is 0 Å². The molecule has 0 aliphatic carbocycles. The molecule has 1 aliphatic heterocycles. The van der Waals surface area contributed by atoms with Gasteiger partial charge >= 0.3 is 26.7 Å². The van der Waals surface area contributed by atoms with Crippen LogP contribution in [0.5, 0.6) is 11.5 Å². The van der Waals surface area contributed by atoms with E-state index in [-0.39, 0.29) is 46.4 Å². The van der Waals surface area contributed by atoms with Gasteiger partial charge in [0.05, 0.1) is 0 Å². The molecule has 0 radical (unpaired) electrons. The number of hydrogen-bond donors (Lipinski definition) is 0. The second-order valence-corrected chi connectivity index (χ2v) is 15.5. The van der Waals surface area contributed by atoms with Crippen LogP contribution in [0.15, 0.2) is 24.3 Å². The average molecular weight is 507 g/mol. The third-order valence-corrected chi connectivity index (χ3v) is 7.73. The molecule has 0 unspecified atom stereocenters. The summed E-state index contributed by atoms with van der Waals surface area (Å²) < 4.78 is 24.8. The van der Waals surface area contributed by atoms with Crippen molar-refractivity contribution < 1.29 is 37.4 Å². The van der Waals surface area contributed by atoms with Crippen LogP contribution in [0.3, 0.4) is 0 Å². The number of hydrogen-bond acceptors (Lipinski definition) is 4. The number of rotatable bonds is 0. The molecule has 0 aromatic heterocycles. The van der Waals surface area contributed by atoms with Gasteiger partial charge in [-0.15, -0.1) is 0 Å². The predicted molar refractivity (Wildman–Crippen MR) is 144 cm³/mol. The Balaban J connectivity index is 0.00000456. The molecular weight excluding hydrogens is 462 g/mol. The topological polar surface area (TPSA) is 58.6 Å². The fourth-order valence-corrected chi connectivity index (χ4v) is 5.78. The maximum absolute atomic E-state index is 13.3. The van der Waals surface area contributed by atoms with Gasteiger partial charge in [0.25, 0.3) is 0 Å². The third kappa shape index (κ3) is 6.27. The minimum atomic E-state index is -4.70. The molecule has 36 heavy (non-hydrogen) atoms. The number of benzene rings is 2. The second-order valence-electron chi connectivity index (χ2n) is 14.2. The van der Waals surface area contributed by atoms with Crippen molar-refractivity contribution in [3.05, 3.63) is 57.6 Å². The predicted octanol–water partition coefficient (Wildman–Crippen LogP) is 5.27. The Labute approximate surface area is 231 Å². The number of fused-ring (bicyclic) bond motifs is 4. The first-order valence-electron chi connectivity index (χ1n) is 12.6. The van der Waals surface area contributed by atoms with E-state index in [2.05, 4.69) is 102 Å². The van der Waals surface area contributed by atoms with Crippen molar-refractivity contribution in [3.63, 3.8) is 0 Å². The molecule has 0 spiro atoms. The summed E-state index contributed by atoms with van der Waals surface area (Å²) in [5, 5.41) is 0. The molecule has 2 aromatic carbocycles. The molecule has 4 nitrogen and oxygen atoms in total.